The van der Waals surface area contributed by atoms with Crippen molar-refractivity contribution in [3.05, 3.63) is 159 Å². The van der Waals surface area contributed by atoms with Crippen molar-refractivity contribution < 1.29 is 19.8 Å². The molecule has 184 valence electrons. The minimum absolute atomic E-state index is 0. The van der Waals surface area contributed by atoms with E-state index in [9.17, 15) is 0 Å². The quantitative estimate of drug-likeness (QED) is 0.213. The minimum Gasteiger partial charge on any atom is -0.265 e. The van der Waals surface area contributed by atoms with E-state index < -0.39 is 0 Å². The number of nitrogens with zero attached hydrogens (tertiary/aromatic N) is 6. The molecular formula is C30H26N6Os. The fourth-order valence-corrected chi connectivity index (χ4v) is 2.68. The van der Waals surface area contributed by atoms with Gasteiger partial charge in [-0.2, -0.15) is 0 Å². The van der Waals surface area contributed by atoms with Crippen LogP contribution < -0.4 is 0 Å². The fraction of sp³-hybridized carbons (Fsp3) is 0. The Hall–Kier alpha value is -4.46. The molecule has 0 saturated heterocycles. The molecule has 7 heteroatoms. The van der Waals surface area contributed by atoms with E-state index in [0.717, 1.165) is 22.8 Å². The second kappa shape index (κ2) is 18.8. The SMILES string of the molecule is [Os].c1ccc(-c2ccccn2)nc1.c1ccc(-c2ccccn2)nc1.c1ccncc1.c1ccncc1. The van der Waals surface area contributed by atoms with Gasteiger partial charge in [-0.15, -0.1) is 0 Å². The first-order valence-electron chi connectivity index (χ1n) is 11.3. The summed E-state index contributed by atoms with van der Waals surface area (Å²) in [5.41, 5.74) is 3.66. The molecule has 0 aliphatic heterocycles. The first-order valence-corrected chi connectivity index (χ1v) is 11.3. The van der Waals surface area contributed by atoms with Gasteiger partial charge in [0, 0.05) is 69.4 Å². The summed E-state index contributed by atoms with van der Waals surface area (Å²) in [6.45, 7) is 0. The molecule has 6 nitrogen and oxygen atoms in total. The normalized spacial score (nSPS) is 8.86. The summed E-state index contributed by atoms with van der Waals surface area (Å²) in [5, 5.41) is 0. The molecule has 0 fully saturated rings. The van der Waals surface area contributed by atoms with Gasteiger partial charge >= 0.3 is 0 Å². The predicted octanol–water partition coefficient (Wildman–Crippen LogP) is 6.45. The van der Waals surface area contributed by atoms with Crippen LogP contribution >= 0.6 is 0 Å². The zero-order chi connectivity index (χ0) is 24.9. The molecule has 0 N–H and O–H groups in total. The maximum Gasteiger partial charge on any atom is 0.0886 e. The van der Waals surface area contributed by atoms with Crippen LogP contribution in [0, 0.1) is 0 Å². The van der Waals surface area contributed by atoms with Crippen molar-refractivity contribution in [2.75, 3.05) is 0 Å². The monoisotopic (exact) mass is 662 g/mol. The van der Waals surface area contributed by atoms with E-state index in [1.807, 2.05) is 109 Å². The van der Waals surface area contributed by atoms with Gasteiger partial charge in [-0.3, -0.25) is 29.9 Å². The Labute approximate surface area is 230 Å². The van der Waals surface area contributed by atoms with E-state index in [2.05, 4.69) is 29.9 Å². The van der Waals surface area contributed by atoms with Crippen molar-refractivity contribution in [1.82, 2.24) is 29.9 Å². The first kappa shape index (κ1) is 28.8. The second-order valence-corrected chi connectivity index (χ2v) is 6.91. The van der Waals surface area contributed by atoms with Crippen LogP contribution in [0.2, 0.25) is 0 Å². The fourth-order valence-electron chi connectivity index (χ4n) is 2.68. The molecule has 0 unspecified atom stereocenters. The van der Waals surface area contributed by atoms with Crippen molar-refractivity contribution >= 4 is 0 Å². The largest absolute Gasteiger partial charge is 0.265 e. The summed E-state index contributed by atoms with van der Waals surface area (Å²) < 4.78 is 0. The Kier molecular flexibility index (Phi) is 14.6. The van der Waals surface area contributed by atoms with E-state index in [1.165, 1.54) is 0 Å². The van der Waals surface area contributed by atoms with Gasteiger partial charge in [0.15, 0.2) is 0 Å². The molecule has 6 heterocycles. The molecule has 6 aromatic rings. The van der Waals surface area contributed by atoms with Gasteiger partial charge < -0.3 is 0 Å². The van der Waals surface area contributed by atoms with Crippen molar-refractivity contribution in [2.45, 2.75) is 0 Å². The number of pyridine rings is 6. The molecule has 37 heavy (non-hydrogen) atoms. The smallest absolute Gasteiger partial charge is 0.0886 e. The Morgan fingerprint density at radius 3 is 0.649 bits per heavy atom. The standard InChI is InChI=1S/2C10H8N2.2C5H5N.Os/c2*1-3-7-11-9(5-1)10-6-2-4-8-12-10;2*1-2-4-6-5-3-1;/h2*1-8H;2*1-5H;. The molecule has 0 bridgehead atoms. The Morgan fingerprint density at radius 2 is 0.514 bits per heavy atom. The number of hydrogen-bond donors (Lipinski definition) is 0. The molecule has 0 aliphatic rings. The third-order valence-electron chi connectivity index (χ3n) is 4.32. The van der Waals surface area contributed by atoms with E-state index in [0.29, 0.717) is 0 Å². The van der Waals surface area contributed by atoms with Crippen LogP contribution in [0.25, 0.3) is 22.8 Å². The molecule has 0 spiro atoms. The first-order chi connectivity index (χ1) is 17.9. The van der Waals surface area contributed by atoms with Crippen LogP contribution in [0.3, 0.4) is 0 Å². The molecule has 0 aromatic carbocycles. The Balaban J connectivity index is 0.000000181. The summed E-state index contributed by atoms with van der Waals surface area (Å²) in [6, 6.07) is 34.6. The number of aromatic nitrogens is 6. The Morgan fingerprint density at radius 1 is 0.270 bits per heavy atom. The van der Waals surface area contributed by atoms with Crippen LogP contribution in [0.15, 0.2) is 159 Å². The van der Waals surface area contributed by atoms with Gasteiger partial charge in [0.05, 0.1) is 22.8 Å². The predicted molar refractivity (Wildman–Crippen MR) is 143 cm³/mol. The molecule has 0 aliphatic carbocycles. The summed E-state index contributed by atoms with van der Waals surface area (Å²) in [4.78, 5) is 24.3. The van der Waals surface area contributed by atoms with E-state index in [4.69, 9.17) is 0 Å². The van der Waals surface area contributed by atoms with Gasteiger partial charge in [0.1, 0.15) is 0 Å². The average Bonchev–Trinajstić information content (AvgIpc) is 3.02. The molecular weight excluding hydrogens is 635 g/mol. The molecule has 6 rings (SSSR count). The van der Waals surface area contributed by atoms with Gasteiger partial charge in [0.25, 0.3) is 0 Å². The summed E-state index contributed by atoms with van der Waals surface area (Å²) in [5.74, 6) is 0. The third-order valence-corrected chi connectivity index (χ3v) is 4.32. The van der Waals surface area contributed by atoms with Crippen molar-refractivity contribution in [3.8, 4) is 22.8 Å². The zero-order valence-corrected chi connectivity index (χ0v) is 22.6. The molecule has 6 aromatic heterocycles. The van der Waals surface area contributed by atoms with Gasteiger partial charge in [-0.25, -0.2) is 0 Å². The minimum atomic E-state index is 0. The van der Waals surface area contributed by atoms with Gasteiger partial charge in [-0.1, -0.05) is 36.4 Å². The summed E-state index contributed by atoms with van der Waals surface area (Å²) in [6.07, 6.45) is 14.1. The zero-order valence-electron chi connectivity index (χ0n) is 20.0. The van der Waals surface area contributed by atoms with E-state index in [1.54, 1.807) is 49.6 Å². The maximum atomic E-state index is 4.19. The van der Waals surface area contributed by atoms with E-state index in [-0.39, 0.29) is 19.8 Å². The van der Waals surface area contributed by atoms with Gasteiger partial charge in [-0.05, 0) is 72.8 Å². The van der Waals surface area contributed by atoms with Gasteiger partial charge in [0.2, 0.25) is 0 Å². The molecule has 0 radical (unpaired) electrons. The van der Waals surface area contributed by atoms with Crippen LogP contribution in [-0.2, 0) is 19.8 Å². The number of hydrogen-bond acceptors (Lipinski definition) is 6. The van der Waals surface area contributed by atoms with Crippen molar-refractivity contribution in [1.29, 1.82) is 0 Å². The summed E-state index contributed by atoms with van der Waals surface area (Å²) in [7, 11) is 0. The average molecular weight is 661 g/mol. The Bertz CT molecular complexity index is 1060. The second-order valence-electron chi connectivity index (χ2n) is 6.91. The maximum absolute atomic E-state index is 4.19. The third kappa shape index (κ3) is 12.2. The van der Waals surface area contributed by atoms with Crippen LogP contribution in [0.1, 0.15) is 0 Å². The van der Waals surface area contributed by atoms with Crippen LogP contribution in [0.4, 0.5) is 0 Å². The van der Waals surface area contributed by atoms with Crippen molar-refractivity contribution in [3.63, 3.8) is 0 Å². The van der Waals surface area contributed by atoms with Crippen molar-refractivity contribution in [2.24, 2.45) is 0 Å². The topological polar surface area (TPSA) is 77.3 Å². The molecule has 0 saturated carbocycles. The molecule has 0 atom stereocenters. The van der Waals surface area contributed by atoms with Crippen LogP contribution in [0.5, 0.6) is 0 Å². The number of rotatable bonds is 2. The molecule has 0 amide bonds. The van der Waals surface area contributed by atoms with Crippen LogP contribution in [-0.4, -0.2) is 29.9 Å². The summed E-state index contributed by atoms with van der Waals surface area (Å²) >= 11 is 0. The van der Waals surface area contributed by atoms with E-state index >= 15 is 0 Å².